The molecule has 5 heteroatoms. The topological polar surface area (TPSA) is 34.1 Å². The number of hydrazone groups is 1. The van der Waals surface area contributed by atoms with Crippen LogP contribution in [0.1, 0.15) is 50.3 Å². The Bertz CT molecular complexity index is 909. The first-order valence-electron chi connectivity index (χ1n) is 9.51. The fourth-order valence-corrected chi connectivity index (χ4v) is 4.75. The smallest absolute Gasteiger partial charge is 0.203 e. The summed E-state index contributed by atoms with van der Waals surface area (Å²) in [5, 5.41) is 8.03. The van der Waals surface area contributed by atoms with Crippen molar-refractivity contribution in [3.8, 4) is 5.75 Å². The Morgan fingerprint density at radius 3 is 2.67 bits per heavy atom. The highest BCUT2D eigenvalue weighted by Gasteiger charge is 2.54. The van der Waals surface area contributed by atoms with Crippen LogP contribution in [0.4, 0.5) is 0 Å². The van der Waals surface area contributed by atoms with Crippen molar-refractivity contribution in [3.63, 3.8) is 0 Å². The number of fused-ring (bicyclic) bond motifs is 4. The van der Waals surface area contributed by atoms with Crippen LogP contribution in [0.15, 0.2) is 53.6 Å². The van der Waals surface area contributed by atoms with Gasteiger partial charge in [0, 0.05) is 29.8 Å². The minimum Gasteiger partial charge on any atom is -0.466 e. The molecule has 0 aliphatic carbocycles. The normalized spacial score (nSPS) is 28.3. The Balaban J connectivity index is 1.60. The summed E-state index contributed by atoms with van der Waals surface area (Å²) in [4.78, 5) is 0. The number of halogens is 1. The monoisotopic (exact) mass is 382 g/mol. The van der Waals surface area contributed by atoms with E-state index in [4.69, 9.17) is 26.2 Å². The molecule has 2 atom stereocenters. The van der Waals surface area contributed by atoms with Crippen molar-refractivity contribution in [1.82, 2.24) is 5.01 Å². The summed E-state index contributed by atoms with van der Waals surface area (Å²) in [7, 11) is 0. The van der Waals surface area contributed by atoms with Crippen molar-refractivity contribution in [1.29, 1.82) is 0 Å². The third-order valence-electron chi connectivity index (χ3n) is 5.77. The van der Waals surface area contributed by atoms with Gasteiger partial charge in [0.25, 0.3) is 0 Å². The second kappa shape index (κ2) is 5.98. The van der Waals surface area contributed by atoms with Crippen molar-refractivity contribution in [2.45, 2.75) is 50.5 Å². The zero-order chi connectivity index (χ0) is 18.6. The summed E-state index contributed by atoms with van der Waals surface area (Å²) >= 11 is 6.07. The molecule has 0 aromatic heterocycles. The van der Waals surface area contributed by atoms with Crippen molar-refractivity contribution in [2.75, 3.05) is 6.61 Å². The van der Waals surface area contributed by atoms with E-state index in [0.717, 1.165) is 41.3 Å². The van der Waals surface area contributed by atoms with Gasteiger partial charge in [0.1, 0.15) is 5.75 Å². The van der Waals surface area contributed by atoms with E-state index in [0.29, 0.717) is 6.61 Å². The number of hydrogen-bond acceptors (Lipinski definition) is 4. The molecule has 0 unspecified atom stereocenters. The summed E-state index contributed by atoms with van der Waals surface area (Å²) in [5.74, 6) is 0.976. The molecule has 2 aromatic carbocycles. The number of benzene rings is 2. The molecular formula is C22H23ClN2O2. The zero-order valence-electron chi connectivity index (χ0n) is 15.6. The summed E-state index contributed by atoms with van der Waals surface area (Å²) < 4.78 is 12.6. The second-order valence-corrected chi connectivity index (χ2v) is 8.68. The SMILES string of the molecule is CC1(C)C[C@@]2(CCO1)Oc1ccccc1[C@@H]1CC(c3ccc(Cl)cc3)=NN12. The van der Waals surface area contributed by atoms with E-state index >= 15 is 0 Å². The first-order valence-corrected chi connectivity index (χ1v) is 9.88. The van der Waals surface area contributed by atoms with E-state index in [1.54, 1.807) is 0 Å². The molecular weight excluding hydrogens is 360 g/mol. The molecule has 3 heterocycles. The third kappa shape index (κ3) is 2.82. The lowest BCUT2D eigenvalue weighted by molar-refractivity contribution is -0.212. The molecule has 3 aliphatic heterocycles. The van der Waals surface area contributed by atoms with Crippen LogP contribution >= 0.6 is 11.6 Å². The summed E-state index contributed by atoms with van der Waals surface area (Å²) in [6.45, 7) is 4.93. The van der Waals surface area contributed by atoms with E-state index in [1.165, 1.54) is 5.56 Å². The largest absolute Gasteiger partial charge is 0.466 e. The highest BCUT2D eigenvalue weighted by atomic mass is 35.5. The maximum Gasteiger partial charge on any atom is 0.203 e. The lowest BCUT2D eigenvalue weighted by Crippen LogP contribution is -2.60. The number of rotatable bonds is 1. The lowest BCUT2D eigenvalue weighted by atomic mass is 9.86. The van der Waals surface area contributed by atoms with Crippen molar-refractivity contribution in [2.24, 2.45) is 5.10 Å². The van der Waals surface area contributed by atoms with Gasteiger partial charge in [0.2, 0.25) is 5.72 Å². The molecule has 0 radical (unpaired) electrons. The Morgan fingerprint density at radius 2 is 1.89 bits per heavy atom. The number of hydrogen-bond donors (Lipinski definition) is 0. The predicted octanol–water partition coefficient (Wildman–Crippen LogP) is 5.17. The molecule has 0 bridgehead atoms. The predicted molar refractivity (Wildman–Crippen MR) is 106 cm³/mol. The van der Waals surface area contributed by atoms with Crippen molar-refractivity contribution >= 4 is 17.3 Å². The van der Waals surface area contributed by atoms with Crippen LogP contribution in [-0.4, -0.2) is 28.7 Å². The molecule has 1 fully saturated rings. The zero-order valence-corrected chi connectivity index (χ0v) is 16.4. The van der Waals surface area contributed by atoms with Gasteiger partial charge in [-0.2, -0.15) is 5.10 Å². The van der Waals surface area contributed by atoms with Crippen LogP contribution in [0.3, 0.4) is 0 Å². The summed E-state index contributed by atoms with van der Waals surface area (Å²) in [6, 6.07) is 16.5. The molecule has 1 saturated heterocycles. The van der Waals surface area contributed by atoms with E-state index < -0.39 is 5.72 Å². The minimum absolute atomic E-state index is 0.189. The fourth-order valence-electron chi connectivity index (χ4n) is 4.62. The molecule has 140 valence electrons. The summed E-state index contributed by atoms with van der Waals surface area (Å²) in [6.07, 6.45) is 2.45. The molecule has 0 amide bonds. The molecule has 1 spiro atoms. The van der Waals surface area contributed by atoms with Crippen LogP contribution in [0.2, 0.25) is 5.02 Å². The van der Waals surface area contributed by atoms with Gasteiger partial charge in [0.15, 0.2) is 0 Å². The maximum absolute atomic E-state index is 6.63. The van der Waals surface area contributed by atoms with Gasteiger partial charge in [0.05, 0.1) is 24.0 Å². The van der Waals surface area contributed by atoms with Crippen LogP contribution in [0, 0.1) is 0 Å². The van der Waals surface area contributed by atoms with Gasteiger partial charge in [-0.15, -0.1) is 0 Å². The highest BCUT2D eigenvalue weighted by molar-refractivity contribution is 6.30. The van der Waals surface area contributed by atoms with Crippen LogP contribution in [0.5, 0.6) is 5.75 Å². The van der Waals surface area contributed by atoms with Crippen LogP contribution in [0.25, 0.3) is 0 Å². The van der Waals surface area contributed by atoms with Gasteiger partial charge in [-0.05, 0) is 37.6 Å². The lowest BCUT2D eigenvalue weighted by Gasteiger charge is -2.52. The van der Waals surface area contributed by atoms with E-state index in [9.17, 15) is 0 Å². The van der Waals surface area contributed by atoms with Gasteiger partial charge in [-0.1, -0.05) is 41.9 Å². The maximum atomic E-state index is 6.63. The van der Waals surface area contributed by atoms with Gasteiger partial charge in [-0.3, -0.25) is 0 Å². The van der Waals surface area contributed by atoms with Crippen LogP contribution < -0.4 is 4.74 Å². The van der Waals surface area contributed by atoms with Crippen molar-refractivity contribution < 1.29 is 9.47 Å². The Kier molecular flexibility index (Phi) is 3.78. The second-order valence-electron chi connectivity index (χ2n) is 8.24. The molecule has 0 N–H and O–H groups in total. The first kappa shape index (κ1) is 17.1. The van der Waals surface area contributed by atoms with E-state index in [2.05, 4.69) is 37.1 Å². The molecule has 4 nitrogen and oxygen atoms in total. The Hall–Kier alpha value is -2.04. The number of para-hydroxylation sites is 1. The number of ether oxygens (including phenoxy) is 2. The Labute approximate surface area is 164 Å². The standard InChI is InChI=1S/C22H23ClN2O2/c1-21(2)14-22(11-12-26-21)25-19(17-5-3-4-6-20(17)27-22)13-18(24-25)15-7-9-16(23)10-8-15/h3-10,19H,11-14H2,1-2H3/t19-,22+/m0/s1. The van der Waals surface area contributed by atoms with E-state index in [-0.39, 0.29) is 11.6 Å². The van der Waals surface area contributed by atoms with E-state index in [1.807, 2.05) is 30.3 Å². The number of nitrogens with zero attached hydrogens (tertiary/aromatic N) is 2. The Morgan fingerprint density at radius 1 is 1.11 bits per heavy atom. The molecule has 0 saturated carbocycles. The molecule has 5 rings (SSSR count). The van der Waals surface area contributed by atoms with Gasteiger partial charge >= 0.3 is 0 Å². The fraction of sp³-hybridized carbons (Fsp3) is 0.409. The molecule has 27 heavy (non-hydrogen) atoms. The third-order valence-corrected chi connectivity index (χ3v) is 6.02. The van der Waals surface area contributed by atoms with Gasteiger partial charge in [-0.25, -0.2) is 5.01 Å². The van der Waals surface area contributed by atoms with Crippen molar-refractivity contribution in [3.05, 3.63) is 64.7 Å². The molecule has 3 aliphatic rings. The highest BCUT2D eigenvalue weighted by Crippen LogP contribution is 2.51. The first-order chi connectivity index (χ1) is 13.0. The average molecular weight is 383 g/mol. The summed E-state index contributed by atoms with van der Waals surface area (Å²) in [5.41, 5.74) is 2.70. The van der Waals surface area contributed by atoms with Gasteiger partial charge < -0.3 is 9.47 Å². The average Bonchev–Trinajstić information content (AvgIpc) is 3.08. The molecule has 2 aromatic rings. The minimum atomic E-state index is -0.463. The van der Waals surface area contributed by atoms with Crippen LogP contribution in [-0.2, 0) is 4.74 Å². The quantitative estimate of drug-likeness (QED) is 0.682.